The molecule has 0 atom stereocenters. The maximum atomic E-state index is 6.58. The predicted octanol–water partition coefficient (Wildman–Crippen LogP) is 9.74. The van der Waals surface area contributed by atoms with Crippen LogP contribution in [0.15, 0.2) is 161 Å². The molecular formula is C45H28N4O2. The molecule has 4 aromatic heterocycles. The fraction of sp³-hybridized carbons (Fsp3) is 0. The van der Waals surface area contributed by atoms with Gasteiger partial charge in [-0.25, -0.2) is 15.0 Å². The van der Waals surface area contributed by atoms with E-state index < -0.39 is 0 Å². The highest BCUT2D eigenvalue weighted by molar-refractivity contribution is 6.13. The van der Waals surface area contributed by atoms with Gasteiger partial charge in [0.1, 0.15) is 22.2 Å². The molecule has 10 aromatic rings. The number of aromatic nitrogens is 4. The van der Waals surface area contributed by atoms with Crippen molar-refractivity contribution in [3.63, 3.8) is 0 Å². The van der Waals surface area contributed by atoms with Crippen LogP contribution in [0.1, 0.15) is 5.82 Å². The van der Waals surface area contributed by atoms with Crippen LogP contribution < -0.4 is 10.6 Å². The highest BCUT2D eigenvalue weighted by Gasteiger charge is 2.20. The minimum atomic E-state index is 0.441. The van der Waals surface area contributed by atoms with E-state index in [-0.39, 0.29) is 0 Å². The van der Waals surface area contributed by atoms with Gasteiger partial charge in [-0.2, -0.15) is 0 Å². The van der Waals surface area contributed by atoms with E-state index in [1.54, 1.807) is 6.08 Å². The van der Waals surface area contributed by atoms with Crippen molar-refractivity contribution in [1.82, 2.24) is 19.5 Å². The number of hydrogen-bond acceptors (Lipinski definition) is 5. The Morgan fingerprint density at radius 2 is 1.24 bits per heavy atom. The van der Waals surface area contributed by atoms with Gasteiger partial charge in [-0.15, -0.1) is 0 Å². The smallest absolute Gasteiger partial charge is 0.167 e. The molecule has 0 aliphatic heterocycles. The Balaban J connectivity index is 1.21. The Hall–Kier alpha value is -7.05. The largest absolute Gasteiger partial charge is 0.456 e. The number of fused-ring (bicyclic) bond motifs is 7. The lowest BCUT2D eigenvalue weighted by Gasteiger charge is -2.09. The molecule has 0 amide bonds. The van der Waals surface area contributed by atoms with E-state index in [0.29, 0.717) is 28.5 Å². The van der Waals surface area contributed by atoms with E-state index in [1.807, 2.05) is 72.8 Å². The number of para-hydroxylation sites is 3. The van der Waals surface area contributed by atoms with Gasteiger partial charge < -0.3 is 13.4 Å². The number of allylic oxidation sites excluding steroid dienone is 1. The molecule has 4 heterocycles. The first-order valence-electron chi connectivity index (χ1n) is 16.8. The Labute approximate surface area is 291 Å². The maximum Gasteiger partial charge on any atom is 0.167 e. The molecule has 0 spiro atoms. The summed E-state index contributed by atoms with van der Waals surface area (Å²) >= 11 is 0. The molecule has 6 nitrogen and oxygen atoms in total. The molecule has 0 N–H and O–H groups in total. The van der Waals surface area contributed by atoms with Crippen LogP contribution in [0, 0.1) is 0 Å². The summed E-state index contributed by atoms with van der Waals surface area (Å²) in [6.45, 7) is 8.48. The summed E-state index contributed by atoms with van der Waals surface area (Å²) in [6, 6.07) is 47.2. The number of benzene rings is 6. The number of hydrogen-bond donors (Lipinski definition) is 0. The van der Waals surface area contributed by atoms with Crippen LogP contribution in [-0.2, 0) is 0 Å². The molecule has 6 heteroatoms. The van der Waals surface area contributed by atoms with Crippen molar-refractivity contribution >= 4 is 66.9 Å². The first-order valence-corrected chi connectivity index (χ1v) is 16.8. The van der Waals surface area contributed by atoms with Crippen LogP contribution in [0.25, 0.3) is 95.3 Å². The van der Waals surface area contributed by atoms with Crippen molar-refractivity contribution in [1.29, 1.82) is 0 Å². The van der Waals surface area contributed by atoms with Crippen molar-refractivity contribution in [2.24, 2.45) is 0 Å². The lowest BCUT2D eigenvalue weighted by Crippen LogP contribution is -2.22. The quantitative estimate of drug-likeness (QED) is 0.185. The van der Waals surface area contributed by atoms with Gasteiger partial charge in [-0.3, -0.25) is 0 Å². The number of furan rings is 2. The fourth-order valence-electron chi connectivity index (χ4n) is 7.28. The minimum Gasteiger partial charge on any atom is -0.456 e. The minimum absolute atomic E-state index is 0.441. The third-order valence-corrected chi connectivity index (χ3v) is 9.62. The van der Waals surface area contributed by atoms with Gasteiger partial charge in [0.15, 0.2) is 17.5 Å². The normalized spacial score (nSPS) is 12.4. The van der Waals surface area contributed by atoms with Crippen molar-refractivity contribution in [2.75, 3.05) is 0 Å². The van der Waals surface area contributed by atoms with E-state index in [1.165, 1.54) is 10.8 Å². The number of nitrogens with zero attached hydrogens (tertiary/aromatic N) is 4. The summed E-state index contributed by atoms with van der Waals surface area (Å²) in [6.07, 6.45) is 1.73. The Morgan fingerprint density at radius 3 is 1.98 bits per heavy atom. The van der Waals surface area contributed by atoms with Gasteiger partial charge in [-0.05, 0) is 36.4 Å². The van der Waals surface area contributed by atoms with Crippen molar-refractivity contribution < 1.29 is 8.83 Å². The Bertz CT molecular complexity index is 3080. The third kappa shape index (κ3) is 4.47. The summed E-state index contributed by atoms with van der Waals surface area (Å²) in [5, 5.41) is 6.01. The van der Waals surface area contributed by atoms with Gasteiger partial charge in [-0.1, -0.05) is 116 Å². The molecule has 0 saturated carbocycles. The molecule has 51 heavy (non-hydrogen) atoms. The van der Waals surface area contributed by atoms with Gasteiger partial charge in [0.25, 0.3) is 0 Å². The standard InChI is InChI=1S/C45H28N4O2/c1-3-30(42-27(2)31-16-9-12-22-38(31)51-42)44-46-43(28-14-5-4-6-15-28)47-45(48-44)35-19-13-23-39-41(35)34-25-24-29(26-40(34)50-39)49-36-20-10-7-17-32(36)33-18-8-11-21-37(33)49/h3-26H,1-2H2/b42-30-. The first kappa shape index (κ1) is 28.9. The maximum absolute atomic E-state index is 6.58. The highest BCUT2D eigenvalue weighted by atomic mass is 16.3. The summed E-state index contributed by atoms with van der Waals surface area (Å²) in [5.74, 6) is 1.49. The molecule has 0 fully saturated rings. The summed E-state index contributed by atoms with van der Waals surface area (Å²) in [7, 11) is 0. The van der Waals surface area contributed by atoms with Crippen molar-refractivity contribution in [2.45, 2.75) is 0 Å². The van der Waals surface area contributed by atoms with E-state index in [9.17, 15) is 0 Å². The zero-order valence-corrected chi connectivity index (χ0v) is 27.4. The molecule has 0 unspecified atom stereocenters. The average Bonchev–Trinajstić information content (AvgIpc) is 3.84. The molecule has 0 saturated heterocycles. The summed E-state index contributed by atoms with van der Waals surface area (Å²) in [5.41, 5.74) is 8.48. The second-order valence-electron chi connectivity index (χ2n) is 12.5. The van der Waals surface area contributed by atoms with E-state index in [0.717, 1.165) is 66.0 Å². The zero-order valence-electron chi connectivity index (χ0n) is 27.4. The van der Waals surface area contributed by atoms with Crippen LogP contribution in [0.4, 0.5) is 0 Å². The second kappa shape index (κ2) is 11.3. The third-order valence-electron chi connectivity index (χ3n) is 9.62. The van der Waals surface area contributed by atoms with Crippen LogP contribution in [0.5, 0.6) is 0 Å². The van der Waals surface area contributed by atoms with E-state index in [4.69, 9.17) is 23.8 Å². The lowest BCUT2D eigenvalue weighted by atomic mass is 10.0. The molecule has 10 rings (SSSR count). The van der Waals surface area contributed by atoms with Crippen LogP contribution in [0.2, 0.25) is 0 Å². The fourth-order valence-corrected chi connectivity index (χ4v) is 7.28. The average molecular weight is 657 g/mol. The SMILES string of the molecule is C=C/C(c1nc(-c2ccccc2)nc(-c2cccc3oc4cc(-n5c6ccccc6c6ccccc65)ccc4c23)n1)=c1/oc2ccccc2c1=C. The van der Waals surface area contributed by atoms with Gasteiger partial charge in [0.05, 0.1) is 16.6 Å². The van der Waals surface area contributed by atoms with Gasteiger partial charge in [0, 0.05) is 55.0 Å². The highest BCUT2D eigenvalue weighted by Crippen LogP contribution is 2.39. The Kier molecular flexibility index (Phi) is 6.38. The molecule has 0 radical (unpaired) electrons. The summed E-state index contributed by atoms with van der Waals surface area (Å²) in [4.78, 5) is 15.1. The monoisotopic (exact) mass is 656 g/mol. The van der Waals surface area contributed by atoms with Gasteiger partial charge >= 0.3 is 0 Å². The van der Waals surface area contributed by atoms with Crippen LogP contribution in [-0.4, -0.2) is 19.5 Å². The Morgan fingerprint density at radius 1 is 0.569 bits per heavy atom. The summed E-state index contributed by atoms with van der Waals surface area (Å²) < 4.78 is 15.2. The second-order valence-corrected chi connectivity index (χ2v) is 12.5. The molecule has 240 valence electrons. The first-order chi connectivity index (χ1) is 25.2. The number of rotatable bonds is 5. The topological polar surface area (TPSA) is 69.9 Å². The molecule has 0 bridgehead atoms. The molecule has 6 aromatic carbocycles. The molecule has 0 aliphatic rings. The van der Waals surface area contributed by atoms with Crippen LogP contribution >= 0.6 is 0 Å². The van der Waals surface area contributed by atoms with E-state index >= 15 is 0 Å². The van der Waals surface area contributed by atoms with E-state index in [2.05, 4.69) is 84.5 Å². The zero-order chi connectivity index (χ0) is 34.1. The van der Waals surface area contributed by atoms with Crippen molar-refractivity contribution in [3.05, 3.63) is 169 Å². The van der Waals surface area contributed by atoms with Gasteiger partial charge in [0.2, 0.25) is 0 Å². The van der Waals surface area contributed by atoms with Crippen molar-refractivity contribution in [3.8, 4) is 28.5 Å². The molecule has 0 aliphatic carbocycles. The van der Waals surface area contributed by atoms with Crippen LogP contribution in [0.3, 0.4) is 0 Å². The lowest BCUT2D eigenvalue weighted by molar-refractivity contribution is 0.573. The molecular weight excluding hydrogens is 629 g/mol. The predicted molar refractivity (Wildman–Crippen MR) is 206 cm³/mol.